The average molecular weight is 184 g/mol. The Kier molecular flexibility index (Phi) is 2.76. The molecule has 0 aliphatic rings. The lowest BCUT2D eigenvalue weighted by Gasteiger charge is -2.19. The van der Waals surface area contributed by atoms with Crippen LogP contribution in [0.2, 0.25) is 0 Å². The SMILES string of the molecule is CC(C=O)C(F)(F)c1ccccc1. The van der Waals surface area contributed by atoms with E-state index in [-0.39, 0.29) is 11.8 Å². The summed E-state index contributed by atoms with van der Waals surface area (Å²) < 4.78 is 26.6. The first kappa shape index (κ1) is 9.84. The Hall–Kier alpha value is -1.25. The summed E-state index contributed by atoms with van der Waals surface area (Å²) in [5.41, 5.74) is -0.116. The molecule has 1 nitrogen and oxygen atoms in total. The number of benzene rings is 1. The number of carbonyl (C=O) groups excluding carboxylic acids is 1. The van der Waals surface area contributed by atoms with Crippen molar-refractivity contribution in [1.29, 1.82) is 0 Å². The Morgan fingerprint density at radius 2 is 1.85 bits per heavy atom. The van der Waals surface area contributed by atoms with Crippen LogP contribution < -0.4 is 0 Å². The third kappa shape index (κ3) is 1.91. The van der Waals surface area contributed by atoms with Gasteiger partial charge in [-0.1, -0.05) is 30.3 Å². The van der Waals surface area contributed by atoms with Gasteiger partial charge in [0.25, 0.3) is 5.92 Å². The highest BCUT2D eigenvalue weighted by molar-refractivity contribution is 5.55. The predicted octanol–water partition coefficient (Wildman–Crippen LogP) is 2.61. The Labute approximate surface area is 75.4 Å². The molecule has 0 amide bonds. The van der Waals surface area contributed by atoms with Gasteiger partial charge in [-0.3, -0.25) is 0 Å². The first-order valence-electron chi connectivity index (χ1n) is 3.97. The summed E-state index contributed by atoms with van der Waals surface area (Å²) in [5, 5.41) is 0. The molecule has 0 aliphatic carbocycles. The number of hydrogen-bond donors (Lipinski definition) is 0. The quantitative estimate of drug-likeness (QED) is 0.660. The maximum absolute atomic E-state index is 13.3. The molecule has 1 aromatic carbocycles. The summed E-state index contributed by atoms with van der Waals surface area (Å²) >= 11 is 0. The molecule has 0 fully saturated rings. The summed E-state index contributed by atoms with van der Waals surface area (Å²) in [5.74, 6) is -4.35. The maximum atomic E-state index is 13.3. The highest BCUT2D eigenvalue weighted by atomic mass is 19.3. The van der Waals surface area contributed by atoms with Crippen LogP contribution >= 0.6 is 0 Å². The molecule has 1 unspecified atom stereocenters. The molecule has 0 saturated carbocycles. The molecule has 0 saturated heterocycles. The molecule has 1 rings (SSSR count). The normalized spacial score (nSPS) is 13.8. The highest BCUT2D eigenvalue weighted by Crippen LogP contribution is 2.34. The third-order valence-corrected chi connectivity index (χ3v) is 1.93. The Balaban J connectivity index is 3.00. The fourth-order valence-corrected chi connectivity index (χ4v) is 1.01. The van der Waals surface area contributed by atoms with Crippen molar-refractivity contribution in [3.63, 3.8) is 0 Å². The number of hydrogen-bond acceptors (Lipinski definition) is 1. The zero-order valence-electron chi connectivity index (χ0n) is 7.21. The minimum Gasteiger partial charge on any atom is -0.303 e. The Bertz CT molecular complexity index is 282. The van der Waals surface area contributed by atoms with Crippen molar-refractivity contribution in [2.45, 2.75) is 12.8 Å². The second-order valence-electron chi connectivity index (χ2n) is 2.91. The van der Waals surface area contributed by atoms with Crippen LogP contribution in [0.15, 0.2) is 30.3 Å². The van der Waals surface area contributed by atoms with Crippen LogP contribution in [-0.4, -0.2) is 6.29 Å². The van der Waals surface area contributed by atoms with Crippen LogP contribution in [0.4, 0.5) is 8.78 Å². The van der Waals surface area contributed by atoms with Gasteiger partial charge in [-0.2, -0.15) is 0 Å². The van der Waals surface area contributed by atoms with Crippen molar-refractivity contribution in [3.05, 3.63) is 35.9 Å². The van der Waals surface area contributed by atoms with Gasteiger partial charge in [0.1, 0.15) is 6.29 Å². The number of halogens is 2. The molecule has 70 valence electrons. The lowest BCUT2D eigenvalue weighted by atomic mass is 9.98. The molecule has 1 atom stereocenters. The molecule has 0 N–H and O–H groups in total. The number of carbonyl (C=O) groups is 1. The number of rotatable bonds is 3. The molecule has 1 aromatic rings. The maximum Gasteiger partial charge on any atom is 0.282 e. The van der Waals surface area contributed by atoms with Crippen LogP contribution in [0.1, 0.15) is 12.5 Å². The van der Waals surface area contributed by atoms with E-state index < -0.39 is 11.8 Å². The standard InChI is InChI=1S/C10H10F2O/c1-8(7-13)10(11,12)9-5-3-2-4-6-9/h2-8H,1H3. The first-order valence-corrected chi connectivity index (χ1v) is 3.97. The second kappa shape index (κ2) is 3.64. The summed E-state index contributed by atoms with van der Waals surface area (Å²) in [4.78, 5) is 10.2. The number of alkyl halides is 2. The lowest BCUT2D eigenvalue weighted by Crippen LogP contribution is -2.24. The topological polar surface area (TPSA) is 17.1 Å². The van der Waals surface area contributed by atoms with Gasteiger partial charge >= 0.3 is 0 Å². The van der Waals surface area contributed by atoms with Crippen LogP contribution in [0.25, 0.3) is 0 Å². The zero-order chi connectivity index (χ0) is 9.90. The largest absolute Gasteiger partial charge is 0.303 e. The Morgan fingerprint density at radius 3 is 2.31 bits per heavy atom. The average Bonchev–Trinajstić information content (AvgIpc) is 2.18. The van der Waals surface area contributed by atoms with Gasteiger partial charge in [0.05, 0.1) is 5.92 Å². The van der Waals surface area contributed by atoms with E-state index in [1.807, 2.05) is 0 Å². The van der Waals surface area contributed by atoms with Crippen molar-refractivity contribution >= 4 is 6.29 Å². The molecule has 0 bridgehead atoms. The van der Waals surface area contributed by atoms with E-state index in [2.05, 4.69) is 0 Å². The highest BCUT2D eigenvalue weighted by Gasteiger charge is 2.37. The Morgan fingerprint density at radius 1 is 1.31 bits per heavy atom. The minimum absolute atomic E-state index is 0.116. The van der Waals surface area contributed by atoms with E-state index in [0.29, 0.717) is 0 Å². The predicted molar refractivity (Wildman–Crippen MR) is 45.6 cm³/mol. The monoisotopic (exact) mass is 184 g/mol. The zero-order valence-corrected chi connectivity index (χ0v) is 7.21. The minimum atomic E-state index is -3.07. The van der Waals surface area contributed by atoms with Crippen molar-refractivity contribution in [1.82, 2.24) is 0 Å². The molecular weight excluding hydrogens is 174 g/mol. The van der Waals surface area contributed by atoms with E-state index >= 15 is 0 Å². The van der Waals surface area contributed by atoms with Gasteiger partial charge < -0.3 is 4.79 Å². The smallest absolute Gasteiger partial charge is 0.282 e. The third-order valence-electron chi connectivity index (χ3n) is 1.93. The summed E-state index contributed by atoms with van der Waals surface area (Å²) in [7, 11) is 0. The second-order valence-corrected chi connectivity index (χ2v) is 2.91. The van der Waals surface area contributed by atoms with Gasteiger partial charge in [0, 0.05) is 5.56 Å². The number of aldehydes is 1. The molecule has 0 heterocycles. The molecule has 0 spiro atoms. The molecule has 0 radical (unpaired) electrons. The van der Waals surface area contributed by atoms with E-state index in [1.165, 1.54) is 31.2 Å². The fourth-order valence-electron chi connectivity index (χ4n) is 1.01. The summed E-state index contributed by atoms with van der Waals surface area (Å²) in [6, 6.07) is 7.35. The van der Waals surface area contributed by atoms with E-state index in [0.717, 1.165) is 0 Å². The van der Waals surface area contributed by atoms with Gasteiger partial charge in [0.2, 0.25) is 0 Å². The fraction of sp³-hybridized carbons (Fsp3) is 0.300. The molecule has 3 heteroatoms. The van der Waals surface area contributed by atoms with Gasteiger partial charge in [0.15, 0.2) is 0 Å². The lowest BCUT2D eigenvalue weighted by molar-refractivity contribution is -0.124. The van der Waals surface area contributed by atoms with Gasteiger partial charge in [-0.25, -0.2) is 8.78 Å². The summed E-state index contributed by atoms with van der Waals surface area (Å²) in [6.07, 6.45) is 0.271. The summed E-state index contributed by atoms with van der Waals surface area (Å²) in [6.45, 7) is 1.21. The van der Waals surface area contributed by atoms with Gasteiger partial charge in [-0.05, 0) is 6.92 Å². The molecule has 0 aromatic heterocycles. The molecular formula is C10H10F2O. The van der Waals surface area contributed by atoms with Gasteiger partial charge in [-0.15, -0.1) is 0 Å². The van der Waals surface area contributed by atoms with Crippen LogP contribution in [0.5, 0.6) is 0 Å². The van der Waals surface area contributed by atoms with E-state index in [4.69, 9.17) is 0 Å². The van der Waals surface area contributed by atoms with E-state index in [9.17, 15) is 13.6 Å². The van der Waals surface area contributed by atoms with Crippen LogP contribution in [-0.2, 0) is 10.7 Å². The van der Waals surface area contributed by atoms with Crippen molar-refractivity contribution < 1.29 is 13.6 Å². The van der Waals surface area contributed by atoms with Crippen LogP contribution in [0.3, 0.4) is 0 Å². The molecule has 0 aliphatic heterocycles. The van der Waals surface area contributed by atoms with Crippen molar-refractivity contribution in [2.75, 3.05) is 0 Å². The van der Waals surface area contributed by atoms with Crippen molar-refractivity contribution in [2.24, 2.45) is 5.92 Å². The molecule has 13 heavy (non-hydrogen) atoms. The van der Waals surface area contributed by atoms with E-state index in [1.54, 1.807) is 6.07 Å². The first-order chi connectivity index (χ1) is 6.09. The van der Waals surface area contributed by atoms with Crippen molar-refractivity contribution in [3.8, 4) is 0 Å². The van der Waals surface area contributed by atoms with Crippen LogP contribution in [0, 0.1) is 5.92 Å².